The van der Waals surface area contributed by atoms with Gasteiger partial charge in [0.25, 0.3) is 11.8 Å². The Balaban J connectivity index is 1.44. The molecule has 0 saturated heterocycles. The van der Waals surface area contributed by atoms with Crippen molar-refractivity contribution in [3.05, 3.63) is 80.9 Å². The molecule has 2 aliphatic rings. The summed E-state index contributed by atoms with van der Waals surface area (Å²) in [6.45, 7) is 4.35. The van der Waals surface area contributed by atoms with Gasteiger partial charge in [-0.3, -0.25) is 19.3 Å². The lowest BCUT2D eigenvalue weighted by Crippen LogP contribution is -2.44. The molecule has 8 nitrogen and oxygen atoms in total. The molecule has 5 rings (SSSR count). The first-order valence-electron chi connectivity index (χ1n) is 11.9. The molecule has 2 aliphatic heterocycles. The van der Waals surface area contributed by atoms with E-state index in [1.807, 2.05) is 13.0 Å². The Hall–Kier alpha value is -3.91. The lowest BCUT2D eigenvalue weighted by molar-refractivity contribution is -0.141. The fourth-order valence-electron chi connectivity index (χ4n) is 5.03. The minimum absolute atomic E-state index is 0.136. The van der Waals surface area contributed by atoms with Crippen molar-refractivity contribution in [3.8, 4) is 6.07 Å². The lowest BCUT2D eigenvalue weighted by Gasteiger charge is -2.35. The summed E-state index contributed by atoms with van der Waals surface area (Å²) in [5.74, 6) is -0.663. The highest BCUT2D eigenvalue weighted by molar-refractivity contribution is 6.31. The van der Waals surface area contributed by atoms with Crippen LogP contribution in [0.5, 0.6) is 0 Å². The number of nitriles is 1. The van der Waals surface area contributed by atoms with Crippen LogP contribution in [0.25, 0.3) is 0 Å². The average Bonchev–Trinajstić information content (AvgIpc) is 3.25. The molecule has 2 aromatic heterocycles. The number of halogens is 4. The van der Waals surface area contributed by atoms with Gasteiger partial charge in [0.05, 0.1) is 35.4 Å². The van der Waals surface area contributed by atoms with Gasteiger partial charge >= 0.3 is 6.18 Å². The van der Waals surface area contributed by atoms with E-state index < -0.39 is 17.9 Å². The summed E-state index contributed by atoms with van der Waals surface area (Å²) in [5.41, 5.74) is 1.48. The maximum absolute atomic E-state index is 13.7. The molecule has 1 aromatic carbocycles. The zero-order chi connectivity index (χ0) is 27.4. The number of amides is 2. The van der Waals surface area contributed by atoms with Crippen LogP contribution in [0.2, 0.25) is 5.02 Å². The fraction of sp³-hybridized carbons (Fsp3) is 0.346. The van der Waals surface area contributed by atoms with Crippen LogP contribution in [0.4, 0.5) is 13.2 Å². The first-order chi connectivity index (χ1) is 18.0. The third-order valence-corrected chi connectivity index (χ3v) is 7.45. The van der Waals surface area contributed by atoms with Gasteiger partial charge in [-0.1, -0.05) is 11.6 Å². The van der Waals surface area contributed by atoms with Gasteiger partial charge in [-0.2, -0.15) is 23.5 Å². The summed E-state index contributed by atoms with van der Waals surface area (Å²) >= 11 is 6.02. The second-order valence-electron chi connectivity index (χ2n) is 9.44. The molecule has 0 N–H and O–H groups in total. The van der Waals surface area contributed by atoms with E-state index in [-0.39, 0.29) is 41.5 Å². The van der Waals surface area contributed by atoms with Crippen LogP contribution >= 0.6 is 11.6 Å². The molecule has 0 radical (unpaired) electrons. The molecule has 4 heterocycles. The number of carbonyl (C=O) groups excluding carboxylic acids is 2. The molecule has 0 unspecified atom stereocenters. The van der Waals surface area contributed by atoms with Gasteiger partial charge in [0, 0.05) is 36.3 Å². The minimum Gasteiger partial charge on any atom is -0.331 e. The molecule has 0 fully saturated rings. The van der Waals surface area contributed by atoms with Gasteiger partial charge in [-0.25, -0.2) is 0 Å². The summed E-state index contributed by atoms with van der Waals surface area (Å²) in [5, 5.41) is 14.2. The van der Waals surface area contributed by atoms with E-state index in [1.165, 1.54) is 23.1 Å². The summed E-state index contributed by atoms with van der Waals surface area (Å²) in [6.07, 6.45) is -3.07. The largest absolute Gasteiger partial charge is 0.433 e. The molecule has 2 atom stereocenters. The van der Waals surface area contributed by atoms with Gasteiger partial charge in [-0.15, -0.1) is 0 Å². The first kappa shape index (κ1) is 25.7. The van der Waals surface area contributed by atoms with Crippen molar-refractivity contribution in [2.45, 2.75) is 51.6 Å². The molecule has 0 aliphatic carbocycles. The highest BCUT2D eigenvalue weighted by Gasteiger charge is 2.39. The van der Waals surface area contributed by atoms with E-state index >= 15 is 0 Å². The van der Waals surface area contributed by atoms with Crippen LogP contribution in [-0.4, -0.2) is 49.0 Å². The molecule has 196 valence electrons. The number of nitrogens with zero attached hydrogens (tertiary/aromatic N) is 6. The van der Waals surface area contributed by atoms with Crippen molar-refractivity contribution in [2.24, 2.45) is 0 Å². The summed E-state index contributed by atoms with van der Waals surface area (Å²) in [4.78, 5) is 33.6. The summed E-state index contributed by atoms with van der Waals surface area (Å²) in [6, 6.07) is 8.06. The van der Waals surface area contributed by atoms with Crippen LogP contribution in [-0.2, 0) is 25.7 Å². The number of alkyl halides is 3. The second-order valence-corrected chi connectivity index (χ2v) is 9.84. The predicted octanol–water partition coefficient (Wildman–Crippen LogP) is 4.63. The Morgan fingerprint density at radius 3 is 2.71 bits per heavy atom. The number of benzene rings is 1. The molecule has 12 heteroatoms. The molecule has 3 aromatic rings. The monoisotopic (exact) mass is 542 g/mol. The van der Waals surface area contributed by atoms with Gasteiger partial charge in [0.15, 0.2) is 0 Å². The van der Waals surface area contributed by atoms with Gasteiger partial charge in [0.1, 0.15) is 17.5 Å². The van der Waals surface area contributed by atoms with Crippen molar-refractivity contribution in [2.75, 3.05) is 6.54 Å². The van der Waals surface area contributed by atoms with E-state index in [9.17, 15) is 28.0 Å². The molecule has 0 saturated carbocycles. The zero-order valence-corrected chi connectivity index (χ0v) is 21.2. The lowest BCUT2D eigenvalue weighted by atomic mass is 9.97. The first-order valence-corrected chi connectivity index (χ1v) is 12.3. The SMILES string of the molecule is C[C@@H]1Cc2nn3c(c2CN1C(=O)c1ccc(Cl)c(C#N)c1)C(=O)N([C@H](C)c1ccnc(C(F)(F)F)c1)CC3. The quantitative estimate of drug-likeness (QED) is 0.481. The number of hydrogen-bond donors (Lipinski definition) is 0. The number of fused-ring (bicyclic) bond motifs is 3. The Morgan fingerprint density at radius 1 is 1.24 bits per heavy atom. The molecule has 0 spiro atoms. The van der Waals surface area contributed by atoms with Gasteiger partial charge < -0.3 is 9.80 Å². The van der Waals surface area contributed by atoms with Crippen LogP contribution in [0.3, 0.4) is 0 Å². The highest BCUT2D eigenvalue weighted by atomic mass is 35.5. The molecule has 38 heavy (non-hydrogen) atoms. The molecular formula is C26H22ClF3N6O2. The Morgan fingerprint density at radius 2 is 2.00 bits per heavy atom. The number of aromatic nitrogens is 3. The smallest absolute Gasteiger partial charge is 0.331 e. The van der Waals surface area contributed by atoms with Crippen molar-refractivity contribution in [1.82, 2.24) is 24.6 Å². The zero-order valence-electron chi connectivity index (χ0n) is 20.5. The number of carbonyl (C=O) groups is 2. The number of hydrogen-bond acceptors (Lipinski definition) is 5. The van der Waals surface area contributed by atoms with Crippen LogP contribution in [0.1, 0.15) is 68.8 Å². The van der Waals surface area contributed by atoms with Crippen molar-refractivity contribution >= 4 is 23.4 Å². The number of pyridine rings is 1. The van der Waals surface area contributed by atoms with Crippen LogP contribution < -0.4 is 0 Å². The summed E-state index contributed by atoms with van der Waals surface area (Å²) in [7, 11) is 0. The maximum Gasteiger partial charge on any atom is 0.433 e. The Kier molecular flexibility index (Phi) is 6.39. The van der Waals surface area contributed by atoms with Crippen molar-refractivity contribution in [3.63, 3.8) is 0 Å². The van der Waals surface area contributed by atoms with Gasteiger partial charge in [0.2, 0.25) is 0 Å². The predicted molar refractivity (Wildman–Crippen MR) is 130 cm³/mol. The highest BCUT2D eigenvalue weighted by Crippen LogP contribution is 2.34. The third kappa shape index (κ3) is 4.39. The maximum atomic E-state index is 13.7. The second kappa shape index (κ2) is 9.44. The third-order valence-electron chi connectivity index (χ3n) is 7.12. The van der Waals surface area contributed by atoms with Crippen molar-refractivity contribution < 1.29 is 22.8 Å². The molecule has 0 bridgehead atoms. The van der Waals surface area contributed by atoms with E-state index in [4.69, 9.17) is 11.6 Å². The summed E-state index contributed by atoms with van der Waals surface area (Å²) < 4.78 is 41.2. The standard InChI is InChI=1S/C26H22ClF3N6O2/c1-14-9-21-19(13-35(14)24(37)17-3-4-20(27)18(10-17)12-31)23-25(38)34(7-8-36(23)33-21)15(2)16-5-6-32-22(11-16)26(28,29)30/h3-6,10-11,14-15H,7-9,13H2,1-2H3/t14-,15-/m1/s1. The molecular weight excluding hydrogens is 521 g/mol. The number of rotatable bonds is 3. The Labute approximate surface area is 221 Å². The fourth-order valence-corrected chi connectivity index (χ4v) is 5.19. The topological polar surface area (TPSA) is 95.1 Å². The van der Waals surface area contributed by atoms with Crippen LogP contribution in [0.15, 0.2) is 36.5 Å². The van der Waals surface area contributed by atoms with E-state index in [0.29, 0.717) is 35.3 Å². The van der Waals surface area contributed by atoms with E-state index in [1.54, 1.807) is 22.6 Å². The normalized spacial score (nSPS) is 18.0. The Bertz CT molecular complexity index is 1500. The average molecular weight is 543 g/mol. The van der Waals surface area contributed by atoms with Gasteiger partial charge in [-0.05, 0) is 49.7 Å². The minimum atomic E-state index is -4.59. The van der Waals surface area contributed by atoms with Crippen LogP contribution in [0, 0.1) is 11.3 Å². The van der Waals surface area contributed by atoms with E-state index in [0.717, 1.165) is 18.0 Å². The van der Waals surface area contributed by atoms with E-state index in [2.05, 4.69) is 10.1 Å². The van der Waals surface area contributed by atoms with Crippen molar-refractivity contribution in [1.29, 1.82) is 5.26 Å². The molecule has 2 amide bonds.